The van der Waals surface area contributed by atoms with Crippen molar-refractivity contribution in [2.45, 2.75) is 19.7 Å². The minimum Gasteiger partial charge on any atom is -0.392 e. The van der Waals surface area contributed by atoms with Crippen LogP contribution in [0.2, 0.25) is 0 Å². The second-order valence-corrected chi connectivity index (χ2v) is 4.77. The van der Waals surface area contributed by atoms with E-state index in [1.165, 1.54) is 17.7 Å². The Hall–Kier alpha value is -1.71. The topological polar surface area (TPSA) is 23.5 Å². The molecule has 0 bridgehead atoms. The zero-order valence-electron chi connectivity index (χ0n) is 11.0. The van der Waals surface area contributed by atoms with Crippen LogP contribution in [0.1, 0.15) is 16.7 Å². The Kier molecular flexibility index (Phi) is 4.66. The number of aliphatic hydroxyl groups excluding tert-OH is 1. The third-order valence-corrected chi connectivity index (χ3v) is 3.02. The van der Waals surface area contributed by atoms with Crippen molar-refractivity contribution in [3.63, 3.8) is 0 Å². The van der Waals surface area contributed by atoms with Gasteiger partial charge in [0.15, 0.2) is 0 Å². The normalized spacial score (nSPS) is 10.9. The standard InChI is InChI=1S/C16H18FNO/c1-18(11-14-6-8-16(17)9-7-14)10-13-2-4-15(12-19)5-3-13/h2-9,19H,10-12H2,1H3. The molecule has 0 aliphatic heterocycles. The zero-order chi connectivity index (χ0) is 13.7. The number of nitrogens with zero attached hydrogens (tertiary/aromatic N) is 1. The fourth-order valence-corrected chi connectivity index (χ4v) is 2.02. The molecule has 0 unspecified atom stereocenters. The first kappa shape index (κ1) is 13.7. The average molecular weight is 259 g/mol. The van der Waals surface area contributed by atoms with Crippen LogP contribution in [-0.4, -0.2) is 17.1 Å². The molecule has 0 aliphatic carbocycles. The first-order chi connectivity index (χ1) is 9.17. The molecule has 0 aliphatic rings. The molecular formula is C16H18FNO. The second-order valence-electron chi connectivity index (χ2n) is 4.77. The Morgan fingerprint density at radius 3 is 1.74 bits per heavy atom. The second kappa shape index (κ2) is 6.45. The third-order valence-electron chi connectivity index (χ3n) is 3.02. The first-order valence-electron chi connectivity index (χ1n) is 6.29. The van der Waals surface area contributed by atoms with Crippen LogP contribution < -0.4 is 0 Å². The summed E-state index contributed by atoms with van der Waals surface area (Å²) in [4.78, 5) is 2.17. The monoisotopic (exact) mass is 259 g/mol. The van der Waals surface area contributed by atoms with E-state index in [0.717, 1.165) is 24.2 Å². The number of benzene rings is 2. The van der Waals surface area contributed by atoms with Gasteiger partial charge < -0.3 is 5.11 Å². The molecule has 0 atom stereocenters. The van der Waals surface area contributed by atoms with E-state index in [1.54, 1.807) is 12.1 Å². The van der Waals surface area contributed by atoms with E-state index in [0.29, 0.717) is 0 Å². The van der Waals surface area contributed by atoms with Gasteiger partial charge in [-0.05, 0) is 35.9 Å². The van der Waals surface area contributed by atoms with Crippen LogP contribution >= 0.6 is 0 Å². The van der Waals surface area contributed by atoms with Crippen molar-refractivity contribution < 1.29 is 9.50 Å². The minimum atomic E-state index is -0.203. The van der Waals surface area contributed by atoms with Crippen LogP contribution in [0.5, 0.6) is 0 Å². The maximum atomic E-state index is 12.8. The lowest BCUT2D eigenvalue weighted by molar-refractivity contribution is 0.281. The van der Waals surface area contributed by atoms with E-state index in [2.05, 4.69) is 4.90 Å². The van der Waals surface area contributed by atoms with Crippen LogP contribution in [0, 0.1) is 5.82 Å². The van der Waals surface area contributed by atoms with E-state index in [9.17, 15) is 4.39 Å². The first-order valence-corrected chi connectivity index (χ1v) is 6.29. The average Bonchev–Trinajstić information content (AvgIpc) is 2.42. The highest BCUT2D eigenvalue weighted by atomic mass is 19.1. The molecule has 0 spiro atoms. The molecule has 0 amide bonds. The third kappa shape index (κ3) is 4.16. The van der Waals surface area contributed by atoms with Gasteiger partial charge in [-0.25, -0.2) is 4.39 Å². The molecule has 2 aromatic rings. The summed E-state index contributed by atoms with van der Waals surface area (Å²) in [6.07, 6.45) is 0. The summed E-state index contributed by atoms with van der Waals surface area (Å²) in [5.74, 6) is -0.203. The smallest absolute Gasteiger partial charge is 0.123 e. The molecule has 2 aromatic carbocycles. The van der Waals surface area contributed by atoms with Crippen LogP contribution in [0.3, 0.4) is 0 Å². The largest absolute Gasteiger partial charge is 0.392 e. The molecule has 0 radical (unpaired) electrons. The van der Waals surface area contributed by atoms with Gasteiger partial charge in [0.2, 0.25) is 0 Å². The van der Waals surface area contributed by atoms with Gasteiger partial charge in [-0.1, -0.05) is 36.4 Å². The van der Waals surface area contributed by atoms with Crippen molar-refractivity contribution in [3.8, 4) is 0 Å². The van der Waals surface area contributed by atoms with Gasteiger partial charge in [0, 0.05) is 13.1 Å². The Bertz CT molecular complexity index is 507. The van der Waals surface area contributed by atoms with Crippen molar-refractivity contribution in [2.24, 2.45) is 0 Å². The maximum absolute atomic E-state index is 12.8. The summed E-state index contributed by atoms with van der Waals surface area (Å²) < 4.78 is 12.8. The molecule has 2 rings (SSSR count). The van der Waals surface area contributed by atoms with Crippen LogP contribution in [0.25, 0.3) is 0 Å². The highest BCUT2D eigenvalue weighted by Gasteiger charge is 2.02. The van der Waals surface area contributed by atoms with Crippen molar-refractivity contribution in [3.05, 3.63) is 71.0 Å². The van der Waals surface area contributed by atoms with Gasteiger partial charge in [0.25, 0.3) is 0 Å². The molecule has 3 heteroatoms. The molecular weight excluding hydrogens is 241 g/mol. The highest BCUT2D eigenvalue weighted by Crippen LogP contribution is 2.10. The lowest BCUT2D eigenvalue weighted by Crippen LogP contribution is -2.17. The van der Waals surface area contributed by atoms with Crippen LogP contribution in [0.4, 0.5) is 4.39 Å². The van der Waals surface area contributed by atoms with E-state index in [1.807, 2.05) is 31.3 Å². The molecule has 0 aromatic heterocycles. The quantitative estimate of drug-likeness (QED) is 0.892. The molecule has 1 N–H and O–H groups in total. The van der Waals surface area contributed by atoms with Gasteiger partial charge >= 0.3 is 0 Å². The van der Waals surface area contributed by atoms with Crippen molar-refractivity contribution >= 4 is 0 Å². The van der Waals surface area contributed by atoms with E-state index < -0.39 is 0 Å². The number of halogens is 1. The summed E-state index contributed by atoms with van der Waals surface area (Å²) in [5.41, 5.74) is 3.21. The Morgan fingerprint density at radius 1 is 0.842 bits per heavy atom. The number of aliphatic hydroxyl groups is 1. The summed E-state index contributed by atoms with van der Waals surface area (Å²) in [6.45, 7) is 1.68. The van der Waals surface area contributed by atoms with Gasteiger partial charge in [-0.3, -0.25) is 4.90 Å². The van der Waals surface area contributed by atoms with Crippen molar-refractivity contribution in [2.75, 3.05) is 7.05 Å². The minimum absolute atomic E-state index is 0.0751. The SMILES string of the molecule is CN(Cc1ccc(F)cc1)Cc1ccc(CO)cc1. The number of hydrogen-bond donors (Lipinski definition) is 1. The predicted octanol–water partition coefficient (Wildman–Crippen LogP) is 2.95. The Morgan fingerprint density at radius 2 is 1.26 bits per heavy atom. The summed E-state index contributed by atoms with van der Waals surface area (Å²) in [6, 6.07) is 14.5. The lowest BCUT2D eigenvalue weighted by atomic mass is 10.1. The van der Waals surface area contributed by atoms with E-state index >= 15 is 0 Å². The summed E-state index contributed by atoms with van der Waals surface area (Å²) in [5, 5.41) is 8.99. The summed E-state index contributed by atoms with van der Waals surface area (Å²) >= 11 is 0. The molecule has 100 valence electrons. The molecule has 19 heavy (non-hydrogen) atoms. The maximum Gasteiger partial charge on any atom is 0.123 e. The zero-order valence-corrected chi connectivity index (χ0v) is 11.0. The Balaban J connectivity index is 1.92. The summed E-state index contributed by atoms with van der Waals surface area (Å²) in [7, 11) is 2.03. The van der Waals surface area contributed by atoms with Crippen molar-refractivity contribution in [1.82, 2.24) is 4.90 Å². The number of hydrogen-bond acceptors (Lipinski definition) is 2. The van der Waals surface area contributed by atoms with Gasteiger partial charge in [0.1, 0.15) is 5.82 Å². The van der Waals surface area contributed by atoms with Gasteiger partial charge in [0.05, 0.1) is 6.61 Å². The fourth-order valence-electron chi connectivity index (χ4n) is 2.02. The molecule has 0 fully saturated rings. The molecule has 0 saturated carbocycles. The fraction of sp³-hybridized carbons (Fsp3) is 0.250. The van der Waals surface area contributed by atoms with Crippen LogP contribution in [-0.2, 0) is 19.7 Å². The molecule has 0 heterocycles. The van der Waals surface area contributed by atoms with Crippen LogP contribution in [0.15, 0.2) is 48.5 Å². The van der Waals surface area contributed by atoms with Gasteiger partial charge in [-0.2, -0.15) is 0 Å². The lowest BCUT2D eigenvalue weighted by Gasteiger charge is -2.17. The Labute approximate surface area is 113 Å². The van der Waals surface area contributed by atoms with Gasteiger partial charge in [-0.15, -0.1) is 0 Å². The number of rotatable bonds is 5. The van der Waals surface area contributed by atoms with E-state index in [-0.39, 0.29) is 12.4 Å². The molecule has 0 saturated heterocycles. The van der Waals surface area contributed by atoms with Crippen molar-refractivity contribution in [1.29, 1.82) is 0 Å². The molecule has 2 nitrogen and oxygen atoms in total. The predicted molar refractivity (Wildman–Crippen MR) is 73.9 cm³/mol. The van der Waals surface area contributed by atoms with E-state index in [4.69, 9.17) is 5.11 Å². The highest BCUT2D eigenvalue weighted by molar-refractivity contribution is 5.22.